The molecule has 0 spiro atoms. The highest BCUT2D eigenvalue weighted by atomic mass is 19.4. The Kier molecular flexibility index (Phi) is 4.04. The van der Waals surface area contributed by atoms with Gasteiger partial charge in [0, 0.05) is 18.5 Å². The predicted molar refractivity (Wildman–Crippen MR) is 78.9 cm³/mol. The molecule has 124 valence electrons. The molecule has 0 bridgehead atoms. The number of carbonyl (C=O) groups is 1. The molecule has 23 heavy (non-hydrogen) atoms. The van der Waals surface area contributed by atoms with E-state index in [1.807, 2.05) is 0 Å². The van der Waals surface area contributed by atoms with Crippen LogP contribution in [0.5, 0.6) is 0 Å². The molecule has 1 aromatic carbocycles. The number of rotatable bonds is 2. The summed E-state index contributed by atoms with van der Waals surface area (Å²) in [5.41, 5.74) is 1.57. The number of hydrogen-bond acceptors (Lipinski definition) is 3. The lowest BCUT2D eigenvalue weighted by Crippen LogP contribution is -2.39. The zero-order valence-electron chi connectivity index (χ0n) is 12.6. The van der Waals surface area contributed by atoms with Gasteiger partial charge in [0.05, 0.1) is 5.92 Å². The Morgan fingerprint density at radius 1 is 1.30 bits per heavy atom. The Bertz CT molecular complexity index is 724. The van der Waals surface area contributed by atoms with Gasteiger partial charge in [-0.1, -0.05) is 12.8 Å². The average Bonchev–Trinajstić information content (AvgIpc) is 2.85. The van der Waals surface area contributed by atoms with Crippen molar-refractivity contribution in [2.75, 3.05) is 5.32 Å². The third-order valence-electron chi connectivity index (χ3n) is 4.29. The molecule has 1 saturated carbocycles. The normalized spacial score (nSPS) is 22.3. The maximum Gasteiger partial charge on any atom is 0.392 e. The summed E-state index contributed by atoms with van der Waals surface area (Å²) in [7, 11) is 0. The number of aromatic nitrogens is 1. The zero-order chi connectivity index (χ0) is 16.6. The number of benzene rings is 1. The largest absolute Gasteiger partial charge is 0.441 e. The van der Waals surface area contributed by atoms with E-state index in [0.29, 0.717) is 35.5 Å². The number of fused-ring (bicyclic) bond motifs is 1. The second kappa shape index (κ2) is 5.86. The van der Waals surface area contributed by atoms with Crippen LogP contribution in [0.2, 0.25) is 0 Å². The molecule has 0 saturated heterocycles. The number of nitrogens with one attached hydrogen (secondary N) is 1. The highest BCUT2D eigenvalue weighted by Gasteiger charge is 2.48. The SMILES string of the molecule is Cc1nc2cc(NC(=O)C3CCCCC3C(F)(F)F)ccc2o1. The first-order valence-electron chi connectivity index (χ1n) is 7.59. The Balaban J connectivity index is 1.78. The van der Waals surface area contributed by atoms with E-state index in [4.69, 9.17) is 4.42 Å². The molecule has 4 nitrogen and oxygen atoms in total. The van der Waals surface area contributed by atoms with E-state index in [1.54, 1.807) is 25.1 Å². The topological polar surface area (TPSA) is 55.1 Å². The molecule has 0 aliphatic heterocycles. The van der Waals surface area contributed by atoms with Crippen LogP contribution >= 0.6 is 0 Å². The third-order valence-corrected chi connectivity index (χ3v) is 4.29. The number of alkyl halides is 3. The molecule has 2 atom stereocenters. The van der Waals surface area contributed by atoms with Crippen molar-refractivity contribution in [3.63, 3.8) is 0 Å². The van der Waals surface area contributed by atoms with Gasteiger partial charge in [-0.3, -0.25) is 4.79 Å². The van der Waals surface area contributed by atoms with Crippen molar-refractivity contribution in [1.82, 2.24) is 4.98 Å². The molecule has 1 aliphatic carbocycles. The molecule has 1 amide bonds. The quantitative estimate of drug-likeness (QED) is 0.887. The van der Waals surface area contributed by atoms with Gasteiger partial charge in [-0.15, -0.1) is 0 Å². The van der Waals surface area contributed by atoms with Crippen LogP contribution in [0.3, 0.4) is 0 Å². The summed E-state index contributed by atoms with van der Waals surface area (Å²) in [5, 5.41) is 2.59. The first-order valence-corrected chi connectivity index (χ1v) is 7.59. The van der Waals surface area contributed by atoms with E-state index in [1.165, 1.54) is 0 Å². The first kappa shape index (κ1) is 15.8. The predicted octanol–water partition coefficient (Wildman–Crippen LogP) is 4.44. The van der Waals surface area contributed by atoms with Crippen molar-refractivity contribution in [2.24, 2.45) is 11.8 Å². The van der Waals surface area contributed by atoms with Crippen LogP contribution in [-0.2, 0) is 4.79 Å². The van der Waals surface area contributed by atoms with Gasteiger partial charge in [0.1, 0.15) is 5.52 Å². The Morgan fingerprint density at radius 3 is 2.78 bits per heavy atom. The van der Waals surface area contributed by atoms with Gasteiger partial charge in [-0.05, 0) is 31.0 Å². The molecular weight excluding hydrogens is 309 g/mol. The van der Waals surface area contributed by atoms with Crippen molar-refractivity contribution in [3.05, 3.63) is 24.1 Å². The monoisotopic (exact) mass is 326 g/mol. The van der Waals surface area contributed by atoms with Gasteiger partial charge < -0.3 is 9.73 Å². The van der Waals surface area contributed by atoms with Gasteiger partial charge in [-0.25, -0.2) is 4.98 Å². The second-order valence-electron chi connectivity index (χ2n) is 5.94. The number of hydrogen-bond donors (Lipinski definition) is 1. The van der Waals surface area contributed by atoms with Gasteiger partial charge in [0.15, 0.2) is 11.5 Å². The lowest BCUT2D eigenvalue weighted by atomic mass is 9.78. The maximum absolute atomic E-state index is 13.1. The van der Waals surface area contributed by atoms with Crippen molar-refractivity contribution in [2.45, 2.75) is 38.8 Å². The summed E-state index contributed by atoms with van der Waals surface area (Å²) in [5.74, 6) is -2.67. The van der Waals surface area contributed by atoms with Crippen LogP contribution in [0.1, 0.15) is 31.6 Å². The summed E-state index contributed by atoms with van der Waals surface area (Å²) in [6.07, 6.45) is -2.90. The maximum atomic E-state index is 13.1. The minimum atomic E-state index is -4.34. The average molecular weight is 326 g/mol. The Hall–Kier alpha value is -2.05. The molecule has 2 unspecified atom stereocenters. The minimum Gasteiger partial charge on any atom is -0.441 e. The molecule has 2 aromatic rings. The van der Waals surface area contributed by atoms with Gasteiger partial charge in [0.25, 0.3) is 0 Å². The van der Waals surface area contributed by atoms with Crippen LogP contribution in [0.15, 0.2) is 22.6 Å². The number of aryl methyl sites for hydroxylation is 1. The fraction of sp³-hybridized carbons (Fsp3) is 0.500. The lowest BCUT2D eigenvalue weighted by Gasteiger charge is -2.31. The summed E-state index contributed by atoms with van der Waals surface area (Å²) in [6.45, 7) is 1.70. The van der Waals surface area contributed by atoms with Gasteiger partial charge in [0.2, 0.25) is 5.91 Å². The lowest BCUT2D eigenvalue weighted by molar-refractivity contribution is -0.197. The molecule has 3 rings (SSSR count). The molecule has 1 fully saturated rings. The third kappa shape index (κ3) is 3.33. The van der Waals surface area contributed by atoms with Crippen LogP contribution < -0.4 is 5.32 Å². The number of amides is 1. The number of anilines is 1. The van der Waals surface area contributed by atoms with Crippen LogP contribution in [-0.4, -0.2) is 17.1 Å². The van der Waals surface area contributed by atoms with E-state index in [2.05, 4.69) is 10.3 Å². The van der Waals surface area contributed by atoms with Gasteiger partial charge in [-0.2, -0.15) is 13.2 Å². The molecular formula is C16H17F3N2O2. The highest BCUT2D eigenvalue weighted by Crippen LogP contribution is 2.41. The van der Waals surface area contributed by atoms with Gasteiger partial charge >= 0.3 is 6.18 Å². The summed E-state index contributed by atoms with van der Waals surface area (Å²) < 4.78 is 44.6. The van der Waals surface area contributed by atoms with E-state index < -0.39 is 23.9 Å². The first-order chi connectivity index (χ1) is 10.8. The smallest absolute Gasteiger partial charge is 0.392 e. The number of carbonyl (C=O) groups excluding carboxylic acids is 1. The van der Waals surface area contributed by atoms with Crippen LogP contribution in [0.25, 0.3) is 11.1 Å². The van der Waals surface area contributed by atoms with Crippen LogP contribution in [0.4, 0.5) is 18.9 Å². The van der Waals surface area contributed by atoms with Crippen molar-refractivity contribution >= 4 is 22.7 Å². The fourth-order valence-corrected chi connectivity index (χ4v) is 3.19. The Morgan fingerprint density at radius 2 is 2.04 bits per heavy atom. The minimum absolute atomic E-state index is 0.0170. The standard InChI is InChI=1S/C16H17F3N2O2/c1-9-20-13-8-10(6-7-14(13)23-9)21-15(22)11-4-2-3-5-12(11)16(17,18)19/h6-8,11-12H,2-5H2,1H3,(H,21,22). The zero-order valence-corrected chi connectivity index (χ0v) is 12.6. The molecule has 1 aromatic heterocycles. The van der Waals surface area contributed by atoms with Crippen molar-refractivity contribution < 1.29 is 22.4 Å². The number of oxazole rings is 1. The summed E-state index contributed by atoms with van der Waals surface area (Å²) >= 11 is 0. The molecule has 0 radical (unpaired) electrons. The molecule has 1 N–H and O–H groups in total. The van der Waals surface area contributed by atoms with E-state index in [0.717, 1.165) is 0 Å². The van der Waals surface area contributed by atoms with E-state index in [-0.39, 0.29) is 12.8 Å². The fourth-order valence-electron chi connectivity index (χ4n) is 3.19. The molecule has 7 heteroatoms. The molecule has 1 heterocycles. The van der Waals surface area contributed by atoms with Crippen molar-refractivity contribution in [3.8, 4) is 0 Å². The van der Waals surface area contributed by atoms with E-state index >= 15 is 0 Å². The number of nitrogens with zero attached hydrogens (tertiary/aromatic N) is 1. The number of halogens is 3. The highest BCUT2D eigenvalue weighted by molar-refractivity contribution is 5.94. The van der Waals surface area contributed by atoms with E-state index in [9.17, 15) is 18.0 Å². The summed E-state index contributed by atoms with van der Waals surface area (Å²) in [6, 6.07) is 4.86. The Labute approximate surface area is 131 Å². The van der Waals surface area contributed by atoms with Crippen LogP contribution in [0, 0.1) is 18.8 Å². The summed E-state index contributed by atoms with van der Waals surface area (Å²) in [4.78, 5) is 16.5. The second-order valence-corrected chi connectivity index (χ2v) is 5.94. The molecule has 1 aliphatic rings. The van der Waals surface area contributed by atoms with Crippen molar-refractivity contribution in [1.29, 1.82) is 0 Å².